The Kier molecular flexibility index (Phi) is 1.33. The van der Waals surface area contributed by atoms with E-state index in [4.69, 9.17) is 0 Å². The summed E-state index contributed by atoms with van der Waals surface area (Å²) in [6, 6.07) is -0.380. The van der Waals surface area contributed by atoms with Gasteiger partial charge in [0.15, 0.2) is 6.04 Å². The fraction of sp³-hybridized carbons (Fsp3) is 0.429. The van der Waals surface area contributed by atoms with Crippen molar-refractivity contribution >= 4 is 23.7 Å². The van der Waals surface area contributed by atoms with Gasteiger partial charge in [-0.05, 0) is 6.92 Å². The monoisotopic (exact) mass is 164 g/mol. The first-order valence-electron chi connectivity index (χ1n) is 3.62. The first-order valence-corrected chi connectivity index (χ1v) is 3.62. The fourth-order valence-electron chi connectivity index (χ4n) is 1.38. The first kappa shape index (κ1) is 7.15. The zero-order valence-electron chi connectivity index (χ0n) is 6.85. The van der Waals surface area contributed by atoms with Gasteiger partial charge in [0.1, 0.15) is 6.34 Å². The molecule has 0 saturated carbocycles. The number of hydrogen-bond acceptors (Lipinski definition) is 4. The second kappa shape index (κ2) is 2.23. The van der Waals surface area contributed by atoms with Crippen LogP contribution in [-0.4, -0.2) is 41.8 Å². The molecule has 0 aromatic rings. The minimum Gasteiger partial charge on any atom is -0.281 e. The number of fused-ring (bicyclic) bond motifs is 1. The van der Waals surface area contributed by atoms with E-state index in [0.717, 1.165) is 11.4 Å². The Morgan fingerprint density at radius 3 is 3.00 bits per heavy atom. The number of amides is 1. The summed E-state index contributed by atoms with van der Waals surface area (Å²) in [6.07, 6.45) is 1.28. The third kappa shape index (κ3) is 0.792. The van der Waals surface area contributed by atoms with E-state index in [-0.39, 0.29) is 11.9 Å². The normalized spacial score (nSPS) is 27.0. The SMILES string of the molecule is CC1=NN(C)C2C(=O)N=CN=C12. The molecule has 5 nitrogen and oxygen atoms in total. The van der Waals surface area contributed by atoms with Crippen LogP contribution in [0.25, 0.3) is 0 Å². The molecule has 1 atom stereocenters. The lowest BCUT2D eigenvalue weighted by Gasteiger charge is -2.16. The molecule has 1 amide bonds. The highest BCUT2D eigenvalue weighted by Gasteiger charge is 2.36. The predicted octanol–water partition coefficient (Wildman–Crippen LogP) is -0.314. The highest BCUT2D eigenvalue weighted by atomic mass is 16.2. The van der Waals surface area contributed by atoms with Crippen molar-refractivity contribution in [2.24, 2.45) is 15.1 Å². The zero-order valence-corrected chi connectivity index (χ0v) is 6.85. The molecule has 1 unspecified atom stereocenters. The summed E-state index contributed by atoms with van der Waals surface area (Å²) < 4.78 is 0. The van der Waals surface area contributed by atoms with Crippen molar-refractivity contribution < 1.29 is 4.79 Å². The van der Waals surface area contributed by atoms with Gasteiger partial charge < -0.3 is 0 Å². The van der Waals surface area contributed by atoms with E-state index >= 15 is 0 Å². The van der Waals surface area contributed by atoms with E-state index in [2.05, 4.69) is 15.1 Å². The van der Waals surface area contributed by atoms with E-state index in [1.807, 2.05) is 6.92 Å². The van der Waals surface area contributed by atoms with Gasteiger partial charge >= 0.3 is 0 Å². The minimum atomic E-state index is -0.380. The molecule has 0 spiro atoms. The number of carbonyl (C=O) groups is 1. The highest BCUT2D eigenvalue weighted by molar-refractivity contribution is 6.50. The second-order valence-corrected chi connectivity index (χ2v) is 2.76. The molecule has 0 N–H and O–H groups in total. The molecular formula is C7H8N4O. The van der Waals surface area contributed by atoms with Crippen LogP contribution in [0.3, 0.4) is 0 Å². The Hall–Kier alpha value is -1.52. The summed E-state index contributed by atoms with van der Waals surface area (Å²) in [5.74, 6) is -0.192. The van der Waals surface area contributed by atoms with Crippen LogP contribution in [0.1, 0.15) is 6.92 Å². The molecule has 0 radical (unpaired) electrons. The third-order valence-electron chi connectivity index (χ3n) is 1.93. The maximum Gasteiger partial charge on any atom is 0.277 e. The smallest absolute Gasteiger partial charge is 0.277 e. The van der Waals surface area contributed by atoms with Gasteiger partial charge in [-0.2, -0.15) is 10.1 Å². The Morgan fingerprint density at radius 1 is 1.58 bits per heavy atom. The lowest BCUT2D eigenvalue weighted by atomic mass is 10.1. The van der Waals surface area contributed by atoms with Crippen molar-refractivity contribution in [3.05, 3.63) is 0 Å². The number of hydrazone groups is 1. The average molecular weight is 164 g/mol. The van der Waals surface area contributed by atoms with E-state index in [1.165, 1.54) is 6.34 Å². The van der Waals surface area contributed by atoms with Crippen LogP contribution in [-0.2, 0) is 4.79 Å². The molecule has 5 heteroatoms. The van der Waals surface area contributed by atoms with Crippen LogP contribution in [0.2, 0.25) is 0 Å². The summed E-state index contributed by atoms with van der Waals surface area (Å²) >= 11 is 0. The van der Waals surface area contributed by atoms with Crippen LogP contribution >= 0.6 is 0 Å². The topological polar surface area (TPSA) is 57.4 Å². The van der Waals surface area contributed by atoms with Gasteiger partial charge in [-0.3, -0.25) is 9.80 Å². The lowest BCUT2D eigenvalue weighted by molar-refractivity contribution is -0.120. The predicted molar refractivity (Wildman–Crippen MR) is 45.6 cm³/mol. The average Bonchev–Trinajstić information content (AvgIpc) is 2.29. The Labute approximate surface area is 69.5 Å². The summed E-state index contributed by atoms with van der Waals surface area (Å²) in [5.41, 5.74) is 1.51. The van der Waals surface area contributed by atoms with Crippen LogP contribution < -0.4 is 0 Å². The van der Waals surface area contributed by atoms with Crippen molar-refractivity contribution in [2.75, 3.05) is 7.05 Å². The van der Waals surface area contributed by atoms with E-state index in [9.17, 15) is 4.79 Å². The van der Waals surface area contributed by atoms with Crippen molar-refractivity contribution in [3.63, 3.8) is 0 Å². The highest BCUT2D eigenvalue weighted by Crippen LogP contribution is 2.14. The number of nitrogens with zero attached hydrogens (tertiary/aromatic N) is 4. The summed E-state index contributed by atoms with van der Waals surface area (Å²) in [4.78, 5) is 18.8. The standard InChI is InChI=1S/C7H8N4O/c1-4-5-6(11(2)10-4)7(12)9-3-8-5/h3,6H,1-2H3. The maximum absolute atomic E-state index is 11.2. The summed E-state index contributed by atoms with van der Waals surface area (Å²) in [7, 11) is 1.75. The number of carbonyl (C=O) groups excluding carboxylic acids is 1. The van der Waals surface area contributed by atoms with Gasteiger partial charge in [0, 0.05) is 7.05 Å². The maximum atomic E-state index is 11.2. The van der Waals surface area contributed by atoms with Gasteiger partial charge in [0.2, 0.25) is 0 Å². The molecular weight excluding hydrogens is 156 g/mol. The Bertz CT molecular complexity index is 328. The molecule has 0 fully saturated rings. The number of likely N-dealkylation sites (N-methyl/N-ethyl adjacent to an activating group) is 1. The molecule has 2 heterocycles. The zero-order chi connectivity index (χ0) is 8.72. The van der Waals surface area contributed by atoms with Crippen molar-refractivity contribution in [1.29, 1.82) is 0 Å². The van der Waals surface area contributed by atoms with Gasteiger partial charge in [0.05, 0.1) is 11.4 Å². The Balaban J connectivity index is 2.45. The third-order valence-corrected chi connectivity index (χ3v) is 1.93. The van der Waals surface area contributed by atoms with Crippen LogP contribution in [0.5, 0.6) is 0 Å². The molecule has 2 rings (SSSR count). The second-order valence-electron chi connectivity index (χ2n) is 2.76. The van der Waals surface area contributed by atoms with E-state index < -0.39 is 0 Å². The van der Waals surface area contributed by atoms with Crippen LogP contribution in [0.15, 0.2) is 15.1 Å². The molecule has 0 aromatic carbocycles. The molecule has 2 aliphatic heterocycles. The van der Waals surface area contributed by atoms with Gasteiger partial charge in [-0.1, -0.05) is 0 Å². The summed E-state index contributed by atoms with van der Waals surface area (Å²) in [5, 5.41) is 5.69. The lowest BCUT2D eigenvalue weighted by Crippen LogP contribution is -2.39. The molecule has 12 heavy (non-hydrogen) atoms. The molecule has 0 saturated heterocycles. The quantitative estimate of drug-likeness (QED) is 0.493. The fourth-order valence-corrected chi connectivity index (χ4v) is 1.38. The molecule has 0 aliphatic carbocycles. The van der Waals surface area contributed by atoms with Crippen LogP contribution in [0.4, 0.5) is 0 Å². The van der Waals surface area contributed by atoms with Crippen molar-refractivity contribution in [2.45, 2.75) is 13.0 Å². The number of hydrogen-bond donors (Lipinski definition) is 0. The van der Waals surface area contributed by atoms with E-state index in [1.54, 1.807) is 12.1 Å². The van der Waals surface area contributed by atoms with Crippen molar-refractivity contribution in [3.8, 4) is 0 Å². The first-order chi connectivity index (χ1) is 5.70. The van der Waals surface area contributed by atoms with Crippen LogP contribution in [0, 0.1) is 0 Å². The summed E-state index contributed by atoms with van der Waals surface area (Å²) in [6.45, 7) is 1.84. The molecule has 2 aliphatic rings. The molecule has 0 aromatic heterocycles. The Morgan fingerprint density at radius 2 is 2.33 bits per heavy atom. The van der Waals surface area contributed by atoms with Gasteiger partial charge in [-0.25, -0.2) is 4.99 Å². The molecule has 62 valence electrons. The van der Waals surface area contributed by atoms with E-state index in [0.29, 0.717) is 0 Å². The number of aliphatic imine (C=N–C) groups is 2. The largest absolute Gasteiger partial charge is 0.281 e. The van der Waals surface area contributed by atoms with Gasteiger partial charge in [0.25, 0.3) is 5.91 Å². The molecule has 0 bridgehead atoms. The van der Waals surface area contributed by atoms with Crippen molar-refractivity contribution in [1.82, 2.24) is 5.01 Å². The number of rotatable bonds is 0. The minimum absolute atomic E-state index is 0.192. The van der Waals surface area contributed by atoms with Gasteiger partial charge in [-0.15, -0.1) is 0 Å².